The van der Waals surface area contributed by atoms with Crippen molar-refractivity contribution < 1.29 is 0 Å². The third-order valence-electron chi connectivity index (χ3n) is 13.4. The molecule has 0 saturated carbocycles. The molecule has 0 N–H and O–H groups in total. The smallest absolute Gasteiger partial charge is 0.180 e. The minimum atomic E-state index is -0.253. The van der Waals surface area contributed by atoms with Crippen LogP contribution < -0.4 is 20.7 Å². The van der Waals surface area contributed by atoms with E-state index in [0.717, 1.165) is 79.2 Å². The summed E-state index contributed by atoms with van der Waals surface area (Å²) in [7, 11) is 0. The molecule has 8 heteroatoms. The lowest BCUT2D eigenvalue weighted by Gasteiger charge is -2.39. The highest BCUT2D eigenvalue weighted by molar-refractivity contribution is 9.10. The highest BCUT2D eigenvalue weighted by atomic mass is 79.9. The van der Waals surface area contributed by atoms with Crippen molar-refractivity contribution in [2.75, 3.05) is 10.0 Å². The Kier molecular flexibility index (Phi) is 12.9. The average Bonchev–Trinajstić information content (AvgIpc) is 3.56. The average molecular weight is 961 g/mol. The second-order valence-corrected chi connectivity index (χ2v) is 19.3. The molecule has 2 aliphatic heterocycles. The largest absolute Gasteiger partial charge is 0.229 e. The molecule has 6 aromatic carbocycles. The summed E-state index contributed by atoms with van der Waals surface area (Å²) >= 11 is 7.29. The number of hydrazone groups is 2. The first-order valence-corrected chi connectivity index (χ1v) is 24.6. The van der Waals surface area contributed by atoms with Crippen LogP contribution in [0.25, 0.3) is 0 Å². The Morgan fingerprint density at radius 1 is 0.508 bits per heavy atom. The molecular weight excluding hydrogens is 904 g/mol. The maximum absolute atomic E-state index is 5.45. The van der Waals surface area contributed by atoms with Gasteiger partial charge in [0.25, 0.3) is 0 Å². The molecule has 9 rings (SSSR count). The molecule has 0 saturated heterocycles. The van der Waals surface area contributed by atoms with Crippen LogP contribution in [-0.4, -0.2) is 11.7 Å². The van der Waals surface area contributed by atoms with Crippen molar-refractivity contribution in [2.24, 2.45) is 32.0 Å². The second kappa shape index (κ2) is 18.9. The van der Waals surface area contributed by atoms with Gasteiger partial charge in [-0.2, -0.15) is 0 Å². The number of unbranched alkanes of at least 4 members (excludes halogenated alkanes) is 2. The van der Waals surface area contributed by atoms with E-state index in [9.17, 15) is 0 Å². The summed E-state index contributed by atoms with van der Waals surface area (Å²) in [6, 6.07) is 47.4. The van der Waals surface area contributed by atoms with Gasteiger partial charge in [-0.3, -0.25) is 0 Å². The molecule has 0 radical (unpaired) electrons. The number of hydrogen-bond donors (Lipinski definition) is 0. The lowest BCUT2D eigenvalue weighted by Crippen LogP contribution is -2.35. The SMILES string of the molecule is CCCCC(CC)CC1(CC(CC)CCCC)c2cc3c(cc2=c2cc4c(cc21)=NC(c1ccc(Br)cc1)=NN4c1ccccc1)N(c1ccccc1)N=C(c1ccc(Br)cc1)N=3. The van der Waals surface area contributed by atoms with E-state index in [1.807, 2.05) is 0 Å². The third kappa shape index (κ3) is 8.61. The zero-order valence-electron chi connectivity index (χ0n) is 36.9. The Morgan fingerprint density at radius 3 is 1.27 bits per heavy atom. The standard InChI is InChI=1S/C55H56Br2N6/c1-5-9-17-37(7-3)35-55(36-38(8-4)18-10-6-2)47-33-49-51(62(43-19-13-11-14-20-43)60-53(58-49)39-23-27-41(56)28-24-39)31-45(47)46-32-52-50(34-48(46)55)59-54(40-25-29-42(57)30-26-40)61-63(52)44-21-15-12-16-22-44/h11-16,19-34,37-38H,5-10,17-18,35-36H2,1-4H3. The van der Waals surface area contributed by atoms with E-state index in [4.69, 9.17) is 20.2 Å². The van der Waals surface area contributed by atoms with E-state index < -0.39 is 0 Å². The quantitative estimate of drug-likeness (QED) is 0.0970. The summed E-state index contributed by atoms with van der Waals surface area (Å²) in [5.74, 6) is 2.53. The first kappa shape index (κ1) is 43.1. The Bertz CT molecular complexity index is 2680. The lowest BCUT2D eigenvalue weighted by molar-refractivity contribution is 0.263. The van der Waals surface area contributed by atoms with Crippen molar-refractivity contribution in [3.05, 3.63) is 186 Å². The fraction of sp³-hybridized carbons (Fsp3) is 0.309. The maximum atomic E-state index is 5.45. The van der Waals surface area contributed by atoms with Gasteiger partial charge in [-0.25, -0.2) is 20.0 Å². The summed E-state index contributed by atoms with van der Waals surface area (Å²) in [6.07, 6.45) is 11.8. The molecule has 0 aromatic heterocycles. The van der Waals surface area contributed by atoms with Crippen LogP contribution in [0.1, 0.15) is 114 Å². The number of para-hydroxylation sites is 2. The Balaban J connectivity index is 1.37. The topological polar surface area (TPSA) is 55.9 Å². The molecule has 2 atom stereocenters. The molecule has 2 heterocycles. The summed E-state index contributed by atoms with van der Waals surface area (Å²) in [4.78, 5) is 10.9. The van der Waals surface area contributed by atoms with Crippen LogP contribution in [0, 0.1) is 22.3 Å². The van der Waals surface area contributed by atoms with Crippen LogP contribution in [0.2, 0.25) is 0 Å². The number of hydrogen-bond acceptors (Lipinski definition) is 6. The van der Waals surface area contributed by atoms with E-state index >= 15 is 0 Å². The minimum absolute atomic E-state index is 0.253. The van der Waals surface area contributed by atoms with Gasteiger partial charge in [-0.15, -0.1) is 10.2 Å². The number of anilines is 4. The van der Waals surface area contributed by atoms with Gasteiger partial charge in [0.15, 0.2) is 11.7 Å². The zero-order valence-corrected chi connectivity index (χ0v) is 40.0. The number of fused-ring (bicyclic) bond motifs is 4. The fourth-order valence-electron chi connectivity index (χ4n) is 9.99. The molecule has 0 spiro atoms. The van der Waals surface area contributed by atoms with Crippen LogP contribution in [0.15, 0.2) is 163 Å². The van der Waals surface area contributed by atoms with Crippen molar-refractivity contribution in [3.63, 3.8) is 0 Å². The van der Waals surface area contributed by atoms with Crippen molar-refractivity contribution >= 4 is 66.3 Å². The number of nitrogens with zero attached hydrogens (tertiary/aromatic N) is 6. The van der Waals surface area contributed by atoms with E-state index in [2.05, 4.69) is 203 Å². The highest BCUT2D eigenvalue weighted by Gasteiger charge is 2.44. The predicted molar refractivity (Wildman–Crippen MR) is 268 cm³/mol. The molecule has 320 valence electrons. The molecular formula is C55H56Br2N6. The van der Waals surface area contributed by atoms with Crippen LogP contribution in [-0.2, 0) is 5.41 Å². The van der Waals surface area contributed by atoms with Crippen LogP contribution in [0.5, 0.6) is 0 Å². The van der Waals surface area contributed by atoms with Gasteiger partial charge >= 0.3 is 0 Å². The fourth-order valence-corrected chi connectivity index (χ4v) is 10.5. The maximum Gasteiger partial charge on any atom is 0.180 e. The van der Waals surface area contributed by atoms with Crippen LogP contribution in [0.4, 0.5) is 22.7 Å². The normalized spacial score (nSPS) is 15.5. The first-order valence-electron chi connectivity index (χ1n) is 23.0. The minimum Gasteiger partial charge on any atom is -0.229 e. The van der Waals surface area contributed by atoms with Gasteiger partial charge in [0, 0.05) is 25.5 Å². The van der Waals surface area contributed by atoms with Crippen molar-refractivity contribution in [3.8, 4) is 0 Å². The summed E-state index contributed by atoms with van der Waals surface area (Å²) < 4.78 is 2.06. The summed E-state index contributed by atoms with van der Waals surface area (Å²) in [6.45, 7) is 9.46. The summed E-state index contributed by atoms with van der Waals surface area (Å²) in [5.41, 5.74) is 8.44. The molecule has 6 nitrogen and oxygen atoms in total. The van der Waals surface area contributed by atoms with Gasteiger partial charge in [0.05, 0.1) is 33.5 Å². The zero-order chi connectivity index (χ0) is 43.5. The Morgan fingerprint density at radius 2 is 0.905 bits per heavy atom. The number of halogens is 2. The molecule has 3 aliphatic rings. The monoisotopic (exact) mass is 958 g/mol. The third-order valence-corrected chi connectivity index (χ3v) is 14.5. The van der Waals surface area contributed by atoms with E-state index in [0.29, 0.717) is 23.5 Å². The summed E-state index contributed by atoms with van der Waals surface area (Å²) in [5, 5.41) is 19.2. The van der Waals surface area contributed by atoms with E-state index in [1.165, 1.54) is 60.1 Å². The number of rotatable bonds is 16. The second-order valence-electron chi connectivity index (χ2n) is 17.5. The molecule has 2 unspecified atom stereocenters. The Hall–Kier alpha value is -5.18. The van der Waals surface area contributed by atoms with Crippen molar-refractivity contribution in [1.29, 1.82) is 0 Å². The van der Waals surface area contributed by atoms with Gasteiger partial charge < -0.3 is 0 Å². The predicted octanol–water partition coefficient (Wildman–Crippen LogP) is 14.6. The molecule has 1 aliphatic carbocycles. The highest BCUT2D eigenvalue weighted by Crippen LogP contribution is 2.51. The molecule has 63 heavy (non-hydrogen) atoms. The first-order chi connectivity index (χ1) is 30.8. The Labute approximate surface area is 389 Å². The lowest BCUT2D eigenvalue weighted by atomic mass is 9.64. The van der Waals surface area contributed by atoms with Crippen LogP contribution >= 0.6 is 31.9 Å². The van der Waals surface area contributed by atoms with Crippen molar-refractivity contribution in [2.45, 2.75) is 97.3 Å². The van der Waals surface area contributed by atoms with Gasteiger partial charge in [0.2, 0.25) is 0 Å². The van der Waals surface area contributed by atoms with Gasteiger partial charge in [-0.1, -0.05) is 172 Å². The number of benzene rings is 6. The van der Waals surface area contributed by atoms with Gasteiger partial charge in [-0.05, 0) is 119 Å². The van der Waals surface area contributed by atoms with E-state index in [-0.39, 0.29) is 5.41 Å². The molecule has 6 aromatic rings. The molecule has 0 bridgehead atoms. The molecule has 0 amide bonds. The van der Waals surface area contributed by atoms with E-state index in [1.54, 1.807) is 0 Å². The number of amidine groups is 2. The van der Waals surface area contributed by atoms with Crippen LogP contribution in [0.3, 0.4) is 0 Å². The molecule has 0 fully saturated rings. The van der Waals surface area contributed by atoms with Crippen molar-refractivity contribution in [1.82, 2.24) is 0 Å². The van der Waals surface area contributed by atoms with Gasteiger partial charge in [0.1, 0.15) is 0 Å².